The molecule has 0 saturated carbocycles. The van der Waals surface area contributed by atoms with Crippen molar-refractivity contribution in [1.82, 2.24) is 15.2 Å². The first kappa shape index (κ1) is 18.7. The van der Waals surface area contributed by atoms with Crippen LogP contribution in [0.2, 0.25) is 0 Å². The minimum absolute atomic E-state index is 0.125. The fraction of sp³-hybridized carbons (Fsp3) is 0.684. The van der Waals surface area contributed by atoms with Gasteiger partial charge in [0.15, 0.2) is 0 Å². The molecule has 0 aromatic carbocycles. The smallest absolute Gasteiger partial charge is 0.255 e. The van der Waals surface area contributed by atoms with E-state index in [1.807, 2.05) is 24.1 Å². The van der Waals surface area contributed by atoms with Gasteiger partial charge in [0.2, 0.25) is 0 Å². The van der Waals surface area contributed by atoms with Gasteiger partial charge in [0.05, 0.1) is 5.56 Å². The number of rotatable bonds is 8. The largest absolute Gasteiger partial charge is 0.357 e. The summed E-state index contributed by atoms with van der Waals surface area (Å²) >= 11 is 0. The van der Waals surface area contributed by atoms with E-state index in [2.05, 4.69) is 29.0 Å². The molecule has 0 spiro atoms. The summed E-state index contributed by atoms with van der Waals surface area (Å²) in [6.45, 7) is 9.04. The van der Waals surface area contributed by atoms with Crippen molar-refractivity contribution in [2.45, 2.75) is 39.5 Å². The van der Waals surface area contributed by atoms with Crippen LogP contribution in [0.25, 0.3) is 0 Å². The Bertz CT molecular complexity index is 495. The van der Waals surface area contributed by atoms with Gasteiger partial charge < -0.3 is 15.1 Å². The fourth-order valence-corrected chi connectivity index (χ4v) is 3.36. The molecule has 1 amide bonds. The van der Waals surface area contributed by atoms with Crippen molar-refractivity contribution in [1.29, 1.82) is 0 Å². The number of hydrogen-bond donors (Lipinski definition) is 1. The molecule has 0 aliphatic carbocycles. The van der Waals surface area contributed by atoms with E-state index >= 15 is 0 Å². The molecular formula is C19H32N4O. The lowest BCUT2D eigenvalue weighted by Gasteiger charge is -2.32. The minimum Gasteiger partial charge on any atom is -0.357 e. The van der Waals surface area contributed by atoms with Gasteiger partial charge in [0.1, 0.15) is 5.82 Å². The third kappa shape index (κ3) is 4.94. The Morgan fingerprint density at radius 1 is 1.33 bits per heavy atom. The van der Waals surface area contributed by atoms with Crippen LogP contribution in [0.3, 0.4) is 0 Å². The van der Waals surface area contributed by atoms with Crippen LogP contribution in [-0.4, -0.2) is 55.6 Å². The first-order valence-corrected chi connectivity index (χ1v) is 9.34. The van der Waals surface area contributed by atoms with E-state index in [0.717, 1.165) is 63.7 Å². The molecule has 0 bridgehead atoms. The van der Waals surface area contributed by atoms with Crippen molar-refractivity contribution < 1.29 is 4.79 Å². The maximum atomic E-state index is 12.7. The summed E-state index contributed by atoms with van der Waals surface area (Å²) in [5.41, 5.74) is 0.708. The van der Waals surface area contributed by atoms with Crippen molar-refractivity contribution >= 4 is 11.7 Å². The number of nitrogens with zero attached hydrogens (tertiary/aromatic N) is 3. The van der Waals surface area contributed by atoms with Crippen LogP contribution in [0.4, 0.5) is 5.82 Å². The molecule has 1 aromatic rings. The number of amides is 1. The number of nitrogens with one attached hydrogen (secondary N) is 1. The van der Waals surface area contributed by atoms with Gasteiger partial charge in [0.25, 0.3) is 5.91 Å². The molecule has 1 aromatic heterocycles. The number of piperidine rings is 1. The molecular weight excluding hydrogens is 300 g/mol. The Kier molecular flexibility index (Phi) is 7.50. The average Bonchev–Trinajstić information content (AvgIpc) is 2.64. The molecule has 2 rings (SSSR count). The number of aromatic nitrogens is 1. The van der Waals surface area contributed by atoms with Crippen molar-refractivity contribution in [3.63, 3.8) is 0 Å². The number of carbonyl (C=O) groups is 1. The summed E-state index contributed by atoms with van der Waals surface area (Å²) in [6.07, 6.45) is 6.26. The molecule has 134 valence electrons. The maximum absolute atomic E-state index is 12.7. The van der Waals surface area contributed by atoms with Crippen molar-refractivity contribution in [3.8, 4) is 0 Å². The number of anilines is 1. The summed E-state index contributed by atoms with van der Waals surface area (Å²) in [6, 6.07) is 3.90. The second-order valence-corrected chi connectivity index (χ2v) is 6.61. The van der Waals surface area contributed by atoms with Gasteiger partial charge >= 0.3 is 0 Å². The van der Waals surface area contributed by atoms with Crippen LogP contribution in [0.1, 0.15) is 49.9 Å². The molecule has 2 heterocycles. The first-order valence-electron chi connectivity index (χ1n) is 9.34. The number of pyridine rings is 1. The number of hydrogen-bond acceptors (Lipinski definition) is 4. The topological polar surface area (TPSA) is 48.5 Å². The SMILES string of the molecule is CCCN(CC)c1ccc(C(=O)N2CCC(CCNC)CC2)cn1. The number of carbonyl (C=O) groups excluding carboxylic acids is 1. The van der Waals surface area contributed by atoms with Gasteiger partial charge in [-0.25, -0.2) is 4.98 Å². The van der Waals surface area contributed by atoms with Gasteiger partial charge in [-0.1, -0.05) is 6.92 Å². The molecule has 1 fully saturated rings. The Hall–Kier alpha value is -1.62. The zero-order valence-corrected chi connectivity index (χ0v) is 15.4. The molecule has 1 aliphatic heterocycles. The summed E-state index contributed by atoms with van der Waals surface area (Å²) in [5.74, 6) is 1.83. The molecule has 5 heteroatoms. The molecule has 0 atom stereocenters. The first-order chi connectivity index (χ1) is 11.7. The second kappa shape index (κ2) is 9.62. The van der Waals surface area contributed by atoms with E-state index in [1.54, 1.807) is 6.20 Å². The highest BCUT2D eigenvalue weighted by Crippen LogP contribution is 2.22. The van der Waals surface area contributed by atoms with Gasteiger partial charge in [-0.3, -0.25) is 4.79 Å². The lowest BCUT2D eigenvalue weighted by molar-refractivity contribution is 0.0686. The van der Waals surface area contributed by atoms with Crippen LogP contribution < -0.4 is 10.2 Å². The van der Waals surface area contributed by atoms with Gasteiger partial charge in [0, 0.05) is 32.4 Å². The minimum atomic E-state index is 0.125. The third-order valence-corrected chi connectivity index (χ3v) is 4.90. The van der Waals surface area contributed by atoms with E-state index in [9.17, 15) is 4.79 Å². The van der Waals surface area contributed by atoms with Gasteiger partial charge in [-0.15, -0.1) is 0 Å². The number of likely N-dealkylation sites (tertiary alicyclic amines) is 1. The lowest BCUT2D eigenvalue weighted by Crippen LogP contribution is -2.39. The molecule has 24 heavy (non-hydrogen) atoms. The highest BCUT2D eigenvalue weighted by atomic mass is 16.2. The van der Waals surface area contributed by atoms with Crippen LogP contribution >= 0.6 is 0 Å². The van der Waals surface area contributed by atoms with Crippen LogP contribution in [0.5, 0.6) is 0 Å². The fourth-order valence-electron chi connectivity index (χ4n) is 3.36. The quantitative estimate of drug-likeness (QED) is 0.795. The summed E-state index contributed by atoms with van der Waals surface area (Å²) in [4.78, 5) is 21.4. The highest BCUT2D eigenvalue weighted by molar-refractivity contribution is 5.94. The molecule has 5 nitrogen and oxygen atoms in total. The normalized spacial score (nSPS) is 15.5. The lowest BCUT2D eigenvalue weighted by atomic mass is 9.93. The second-order valence-electron chi connectivity index (χ2n) is 6.61. The van der Waals surface area contributed by atoms with Crippen molar-refractivity contribution in [2.24, 2.45) is 5.92 Å². The zero-order valence-electron chi connectivity index (χ0n) is 15.4. The Balaban J connectivity index is 1.91. The molecule has 1 aliphatic rings. The Labute approximate surface area is 146 Å². The van der Waals surface area contributed by atoms with E-state index in [0.29, 0.717) is 5.56 Å². The summed E-state index contributed by atoms with van der Waals surface area (Å²) < 4.78 is 0. The molecule has 1 saturated heterocycles. The van der Waals surface area contributed by atoms with E-state index in [1.165, 1.54) is 6.42 Å². The van der Waals surface area contributed by atoms with E-state index in [-0.39, 0.29) is 5.91 Å². The van der Waals surface area contributed by atoms with Crippen molar-refractivity contribution in [3.05, 3.63) is 23.9 Å². The molecule has 1 N–H and O–H groups in total. The third-order valence-electron chi connectivity index (χ3n) is 4.90. The van der Waals surface area contributed by atoms with E-state index in [4.69, 9.17) is 0 Å². The average molecular weight is 332 g/mol. The maximum Gasteiger partial charge on any atom is 0.255 e. The summed E-state index contributed by atoms with van der Waals surface area (Å²) in [7, 11) is 2.00. The molecule has 0 radical (unpaired) electrons. The Morgan fingerprint density at radius 3 is 2.62 bits per heavy atom. The van der Waals surface area contributed by atoms with E-state index < -0.39 is 0 Å². The Morgan fingerprint density at radius 2 is 2.08 bits per heavy atom. The highest BCUT2D eigenvalue weighted by Gasteiger charge is 2.23. The zero-order chi connectivity index (χ0) is 17.4. The van der Waals surface area contributed by atoms with Crippen LogP contribution in [0.15, 0.2) is 18.3 Å². The standard InChI is InChI=1S/C19H32N4O/c1-4-12-22(5-2)18-7-6-17(15-21-18)19(24)23-13-9-16(10-14-23)8-11-20-3/h6-7,15-16,20H,4-5,8-14H2,1-3H3. The molecule has 0 unspecified atom stereocenters. The van der Waals surface area contributed by atoms with Gasteiger partial charge in [-0.2, -0.15) is 0 Å². The predicted octanol–water partition coefficient (Wildman–Crippen LogP) is 2.78. The monoisotopic (exact) mass is 332 g/mol. The predicted molar refractivity (Wildman–Crippen MR) is 99.6 cm³/mol. The van der Waals surface area contributed by atoms with Gasteiger partial charge in [-0.05, 0) is 64.3 Å². The van der Waals surface area contributed by atoms with Crippen molar-refractivity contribution in [2.75, 3.05) is 44.7 Å². The summed E-state index contributed by atoms with van der Waals surface area (Å²) in [5, 5.41) is 3.21. The van der Waals surface area contributed by atoms with Crippen LogP contribution in [-0.2, 0) is 0 Å². The van der Waals surface area contributed by atoms with Crippen LogP contribution in [0, 0.1) is 5.92 Å².